The monoisotopic (exact) mass is 368 g/mol. The van der Waals surface area contributed by atoms with Gasteiger partial charge in [-0.25, -0.2) is 0 Å². The van der Waals surface area contributed by atoms with E-state index in [-0.39, 0.29) is 18.3 Å². The SMILES string of the molecule is CCOC(=O)C1C(=O)C=C(c2ccc(C)cc2)CC1c1ccccc1Cl. The number of hydrogen-bond donors (Lipinski definition) is 0. The lowest BCUT2D eigenvalue weighted by Gasteiger charge is -2.30. The number of hydrogen-bond acceptors (Lipinski definition) is 3. The maximum absolute atomic E-state index is 12.8. The van der Waals surface area contributed by atoms with Crippen LogP contribution in [0.3, 0.4) is 0 Å². The van der Waals surface area contributed by atoms with E-state index in [1.54, 1.807) is 19.1 Å². The van der Waals surface area contributed by atoms with Gasteiger partial charge in [0.15, 0.2) is 5.78 Å². The van der Waals surface area contributed by atoms with E-state index in [9.17, 15) is 9.59 Å². The number of allylic oxidation sites excluding steroid dienone is 2. The summed E-state index contributed by atoms with van der Waals surface area (Å²) in [5.74, 6) is -1.91. The van der Waals surface area contributed by atoms with Crippen LogP contribution in [0.5, 0.6) is 0 Å². The van der Waals surface area contributed by atoms with Crippen molar-refractivity contribution in [2.75, 3.05) is 6.61 Å². The van der Waals surface area contributed by atoms with Crippen LogP contribution in [0.25, 0.3) is 5.57 Å². The molecule has 3 nitrogen and oxygen atoms in total. The molecule has 0 heterocycles. The standard InChI is InChI=1S/C22H21ClO3/c1-3-26-22(25)21-18(17-6-4-5-7-19(17)23)12-16(13-20(21)24)15-10-8-14(2)9-11-15/h4-11,13,18,21H,3,12H2,1-2H3. The van der Waals surface area contributed by atoms with Gasteiger partial charge in [-0.1, -0.05) is 59.6 Å². The van der Waals surface area contributed by atoms with Crippen LogP contribution in [-0.4, -0.2) is 18.4 Å². The Morgan fingerprint density at radius 2 is 1.85 bits per heavy atom. The van der Waals surface area contributed by atoms with Gasteiger partial charge in [0, 0.05) is 10.9 Å². The molecule has 0 radical (unpaired) electrons. The van der Waals surface area contributed by atoms with Gasteiger partial charge in [-0.3, -0.25) is 9.59 Å². The second-order valence-corrected chi connectivity index (χ2v) is 6.91. The van der Waals surface area contributed by atoms with Gasteiger partial charge in [0.1, 0.15) is 5.92 Å². The molecule has 134 valence electrons. The first-order valence-electron chi connectivity index (χ1n) is 8.73. The lowest BCUT2D eigenvalue weighted by molar-refractivity contribution is -0.151. The van der Waals surface area contributed by atoms with Gasteiger partial charge >= 0.3 is 5.97 Å². The van der Waals surface area contributed by atoms with Crippen LogP contribution < -0.4 is 0 Å². The van der Waals surface area contributed by atoms with Crippen molar-refractivity contribution < 1.29 is 14.3 Å². The highest BCUT2D eigenvalue weighted by molar-refractivity contribution is 6.31. The number of benzene rings is 2. The van der Waals surface area contributed by atoms with E-state index < -0.39 is 11.9 Å². The second-order valence-electron chi connectivity index (χ2n) is 6.50. The average Bonchev–Trinajstić information content (AvgIpc) is 2.62. The summed E-state index contributed by atoms with van der Waals surface area (Å²) in [6.45, 7) is 4.00. The fraction of sp³-hybridized carbons (Fsp3) is 0.273. The molecule has 0 aliphatic heterocycles. The minimum Gasteiger partial charge on any atom is -0.465 e. The number of ketones is 1. The zero-order valence-electron chi connectivity index (χ0n) is 14.9. The minimum atomic E-state index is -0.857. The number of ether oxygens (including phenoxy) is 1. The molecule has 2 aromatic carbocycles. The molecule has 3 rings (SSSR count). The van der Waals surface area contributed by atoms with E-state index in [2.05, 4.69) is 0 Å². The van der Waals surface area contributed by atoms with Gasteiger partial charge in [-0.15, -0.1) is 0 Å². The largest absolute Gasteiger partial charge is 0.465 e. The smallest absolute Gasteiger partial charge is 0.317 e. The Labute approximate surface area is 158 Å². The summed E-state index contributed by atoms with van der Waals surface area (Å²) in [6.07, 6.45) is 2.14. The maximum atomic E-state index is 12.8. The van der Waals surface area contributed by atoms with Crippen molar-refractivity contribution in [3.8, 4) is 0 Å². The van der Waals surface area contributed by atoms with E-state index in [1.807, 2.05) is 49.4 Å². The van der Waals surface area contributed by atoms with Gasteiger partial charge in [-0.2, -0.15) is 0 Å². The molecule has 0 spiro atoms. The van der Waals surface area contributed by atoms with Gasteiger partial charge < -0.3 is 4.74 Å². The highest BCUT2D eigenvalue weighted by atomic mass is 35.5. The summed E-state index contributed by atoms with van der Waals surface area (Å²) in [5.41, 5.74) is 3.87. The Morgan fingerprint density at radius 1 is 1.15 bits per heavy atom. The minimum absolute atomic E-state index is 0.227. The summed E-state index contributed by atoms with van der Waals surface area (Å²) in [4.78, 5) is 25.3. The number of halogens is 1. The summed E-state index contributed by atoms with van der Waals surface area (Å²) in [6, 6.07) is 15.4. The summed E-state index contributed by atoms with van der Waals surface area (Å²) < 4.78 is 5.17. The van der Waals surface area contributed by atoms with E-state index in [0.717, 1.165) is 22.3 Å². The van der Waals surface area contributed by atoms with Crippen LogP contribution >= 0.6 is 11.6 Å². The third-order valence-electron chi connectivity index (χ3n) is 4.73. The first-order valence-corrected chi connectivity index (χ1v) is 9.11. The molecule has 0 aromatic heterocycles. The molecule has 1 aliphatic carbocycles. The molecule has 1 aliphatic rings. The van der Waals surface area contributed by atoms with Crippen molar-refractivity contribution in [2.45, 2.75) is 26.2 Å². The maximum Gasteiger partial charge on any atom is 0.317 e. The van der Waals surface area contributed by atoms with Crippen LogP contribution in [0.2, 0.25) is 5.02 Å². The van der Waals surface area contributed by atoms with Crippen LogP contribution in [-0.2, 0) is 14.3 Å². The summed E-state index contributed by atoms with van der Waals surface area (Å²) in [5, 5.41) is 0.560. The molecule has 0 saturated heterocycles. The first kappa shape index (κ1) is 18.4. The molecule has 26 heavy (non-hydrogen) atoms. The molecule has 0 fully saturated rings. The van der Waals surface area contributed by atoms with Crippen LogP contribution in [0.15, 0.2) is 54.6 Å². The quantitative estimate of drug-likeness (QED) is 0.565. The molecule has 0 bridgehead atoms. The molecule has 2 atom stereocenters. The zero-order chi connectivity index (χ0) is 18.7. The molecule has 0 amide bonds. The van der Waals surface area contributed by atoms with Crippen molar-refractivity contribution in [2.24, 2.45) is 5.92 Å². The highest BCUT2D eigenvalue weighted by Gasteiger charge is 2.40. The zero-order valence-corrected chi connectivity index (χ0v) is 15.6. The lowest BCUT2D eigenvalue weighted by atomic mass is 9.73. The van der Waals surface area contributed by atoms with Crippen LogP contribution in [0.1, 0.15) is 36.0 Å². The normalized spacial score (nSPS) is 19.8. The van der Waals surface area contributed by atoms with Crippen LogP contribution in [0, 0.1) is 12.8 Å². The number of carbonyl (C=O) groups excluding carboxylic acids is 2. The Morgan fingerprint density at radius 3 is 2.50 bits per heavy atom. The average molecular weight is 369 g/mol. The molecule has 2 aromatic rings. The molecule has 4 heteroatoms. The Balaban J connectivity index is 2.04. The van der Waals surface area contributed by atoms with E-state index >= 15 is 0 Å². The molecule has 2 unspecified atom stereocenters. The second kappa shape index (κ2) is 7.88. The van der Waals surface area contributed by atoms with E-state index in [4.69, 9.17) is 16.3 Å². The third kappa shape index (κ3) is 3.73. The predicted molar refractivity (Wildman–Crippen MR) is 103 cm³/mol. The lowest BCUT2D eigenvalue weighted by Crippen LogP contribution is -2.34. The van der Waals surface area contributed by atoms with Gasteiger partial charge in [0.05, 0.1) is 6.61 Å². The Kier molecular flexibility index (Phi) is 5.58. The van der Waals surface area contributed by atoms with Gasteiger partial charge in [0.25, 0.3) is 0 Å². The fourth-order valence-corrected chi connectivity index (χ4v) is 3.70. The molecular formula is C22H21ClO3. The van der Waals surface area contributed by atoms with Crippen LogP contribution in [0.4, 0.5) is 0 Å². The highest BCUT2D eigenvalue weighted by Crippen LogP contribution is 2.42. The van der Waals surface area contributed by atoms with Gasteiger partial charge in [-0.05, 0) is 49.1 Å². The van der Waals surface area contributed by atoms with E-state index in [0.29, 0.717) is 11.4 Å². The predicted octanol–water partition coefficient (Wildman–Crippen LogP) is 4.97. The van der Waals surface area contributed by atoms with Crippen molar-refractivity contribution in [3.05, 3.63) is 76.3 Å². The molecular weight excluding hydrogens is 348 g/mol. The number of esters is 1. The third-order valence-corrected chi connectivity index (χ3v) is 5.08. The molecule has 0 saturated carbocycles. The Hall–Kier alpha value is -2.39. The number of carbonyl (C=O) groups is 2. The summed E-state index contributed by atoms with van der Waals surface area (Å²) >= 11 is 6.38. The van der Waals surface area contributed by atoms with Crippen molar-refractivity contribution in [3.63, 3.8) is 0 Å². The first-order chi connectivity index (χ1) is 12.5. The topological polar surface area (TPSA) is 43.4 Å². The number of aryl methyl sites for hydroxylation is 1. The van der Waals surface area contributed by atoms with Crippen molar-refractivity contribution in [1.82, 2.24) is 0 Å². The van der Waals surface area contributed by atoms with E-state index in [1.165, 1.54) is 0 Å². The van der Waals surface area contributed by atoms with Gasteiger partial charge in [0.2, 0.25) is 0 Å². The molecule has 0 N–H and O–H groups in total. The Bertz CT molecular complexity index is 852. The number of rotatable bonds is 4. The fourth-order valence-electron chi connectivity index (χ4n) is 3.42. The van der Waals surface area contributed by atoms with Crippen molar-refractivity contribution in [1.29, 1.82) is 0 Å². The van der Waals surface area contributed by atoms with Crippen molar-refractivity contribution >= 4 is 28.9 Å². The summed E-state index contributed by atoms with van der Waals surface area (Å²) in [7, 11) is 0.